The molecule has 0 atom stereocenters. The second-order valence-electron chi connectivity index (χ2n) is 10.3. The first-order valence-electron chi connectivity index (χ1n) is 14.3. The number of fused-ring (bicyclic) bond motifs is 1. The minimum absolute atomic E-state index is 0.00246. The van der Waals surface area contributed by atoms with Crippen LogP contribution in [0.25, 0.3) is 17.2 Å². The number of ether oxygens (including phenoxy) is 5. The fourth-order valence-electron chi connectivity index (χ4n) is 5.05. The third-order valence-corrected chi connectivity index (χ3v) is 7.38. The number of hydrogen-bond donors (Lipinski definition) is 2. The van der Waals surface area contributed by atoms with Crippen molar-refractivity contribution in [3.8, 4) is 39.9 Å². The van der Waals surface area contributed by atoms with Gasteiger partial charge in [0.1, 0.15) is 23.9 Å². The predicted octanol–water partition coefficient (Wildman–Crippen LogP) is 6.42. The summed E-state index contributed by atoms with van der Waals surface area (Å²) in [6.45, 7) is 2.09. The summed E-state index contributed by atoms with van der Waals surface area (Å²) in [5.41, 5.74) is 3.03. The normalized spacial score (nSPS) is 12.2. The Morgan fingerprint density at radius 1 is 0.956 bits per heavy atom. The number of aryl methyl sites for hydroxylation is 1. The molecule has 2 heterocycles. The molecule has 0 bridgehead atoms. The predicted molar refractivity (Wildman–Crippen MR) is 163 cm³/mol. The minimum Gasteiger partial charge on any atom is -0.497 e. The molecular weight excluding hydrogens is 582 g/mol. The number of unbranched alkanes of at least 4 members (excludes halogenated alkanes) is 1. The van der Waals surface area contributed by atoms with Crippen LogP contribution in [-0.2, 0) is 24.2 Å². The van der Waals surface area contributed by atoms with Crippen LogP contribution in [0.1, 0.15) is 52.7 Å². The largest absolute Gasteiger partial charge is 0.497 e. The maximum Gasteiger partial charge on any atom is 0.336 e. The zero-order valence-electron chi connectivity index (χ0n) is 25.1. The number of hydrogen-bond acceptors (Lipinski definition) is 9. The van der Waals surface area contributed by atoms with Gasteiger partial charge in [-0.2, -0.15) is 0 Å². The molecule has 0 aliphatic carbocycles. The average molecular weight is 616 g/mol. The first-order valence-corrected chi connectivity index (χ1v) is 14.3. The molecule has 0 saturated heterocycles. The second kappa shape index (κ2) is 13.9. The quantitative estimate of drug-likeness (QED) is 0.152. The second-order valence-corrected chi connectivity index (χ2v) is 10.3. The smallest absolute Gasteiger partial charge is 0.336 e. The Morgan fingerprint density at radius 2 is 1.73 bits per heavy atom. The first kappa shape index (κ1) is 31.0. The lowest BCUT2D eigenvalue weighted by atomic mass is 9.96. The Bertz CT molecular complexity index is 1740. The van der Waals surface area contributed by atoms with E-state index in [1.54, 1.807) is 48.5 Å². The highest BCUT2D eigenvalue weighted by Gasteiger charge is 2.24. The van der Waals surface area contributed by atoms with Crippen LogP contribution in [-0.4, -0.2) is 48.3 Å². The summed E-state index contributed by atoms with van der Waals surface area (Å²) in [7, 11) is 3.03. The van der Waals surface area contributed by atoms with E-state index >= 15 is 0 Å². The zero-order valence-corrected chi connectivity index (χ0v) is 25.1. The van der Waals surface area contributed by atoms with Gasteiger partial charge >= 0.3 is 11.9 Å². The van der Waals surface area contributed by atoms with E-state index in [1.165, 1.54) is 26.4 Å². The molecule has 0 saturated carbocycles. The number of aromatic carboxylic acids is 1. The third-order valence-electron chi connectivity index (χ3n) is 7.38. The number of rotatable bonds is 14. The van der Waals surface area contributed by atoms with Crippen molar-refractivity contribution in [1.82, 2.24) is 5.16 Å². The Morgan fingerprint density at radius 3 is 2.44 bits per heavy atom. The minimum atomic E-state index is -1.15. The third kappa shape index (κ3) is 6.87. The molecule has 1 aromatic heterocycles. The van der Waals surface area contributed by atoms with Crippen LogP contribution >= 0.6 is 0 Å². The van der Waals surface area contributed by atoms with Gasteiger partial charge in [0.25, 0.3) is 0 Å². The van der Waals surface area contributed by atoms with E-state index in [0.29, 0.717) is 63.1 Å². The molecule has 11 heteroatoms. The van der Waals surface area contributed by atoms with E-state index in [1.807, 2.05) is 0 Å². The molecule has 45 heavy (non-hydrogen) atoms. The molecule has 1 aliphatic rings. The van der Waals surface area contributed by atoms with Gasteiger partial charge in [-0.25, -0.2) is 9.59 Å². The average Bonchev–Trinajstić information content (AvgIpc) is 3.68. The summed E-state index contributed by atoms with van der Waals surface area (Å²) in [6.07, 6.45) is 3.76. The van der Waals surface area contributed by atoms with Crippen LogP contribution in [0.15, 0.2) is 64.7 Å². The molecule has 0 unspecified atom stereocenters. The summed E-state index contributed by atoms with van der Waals surface area (Å²) in [6, 6.07) is 15.2. The van der Waals surface area contributed by atoms with Gasteiger partial charge < -0.3 is 38.4 Å². The molecule has 0 amide bonds. The van der Waals surface area contributed by atoms with Crippen molar-refractivity contribution in [3.63, 3.8) is 0 Å². The molecule has 4 aromatic rings. The van der Waals surface area contributed by atoms with Crippen LogP contribution in [0, 0.1) is 0 Å². The number of carbonyl (C=O) groups is 2. The van der Waals surface area contributed by atoms with E-state index in [2.05, 4.69) is 12.1 Å². The first-order chi connectivity index (χ1) is 21.8. The van der Waals surface area contributed by atoms with Gasteiger partial charge in [-0.1, -0.05) is 36.7 Å². The van der Waals surface area contributed by atoms with Crippen molar-refractivity contribution >= 4 is 18.0 Å². The number of aromatic nitrogens is 1. The molecule has 234 valence electrons. The fraction of sp³-hybridized carbons (Fsp3) is 0.265. The lowest BCUT2D eigenvalue weighted by Crippen LogP contribution is -2.06. The van der Waals surface area contributed by atoms with Crippen molar-refractivity contribution in [2.75, 3.05) is 21.0 Å². The molecule has 1 aliphatic heterocycles. The number of carboxylic acids is 2. The Hall–Kier alpha value is -5.45. The highest BCUT2D eigenvalue weighted by Crippen LogP contribution is 2.41. The number of carboxylic acid groups (broad SMARTS) is 2. The van der Waals surface area contributed by atoms with E-state index in [-0.39, 0.29) is 36.7 Å². The molecule has 2 N–H and O–H groups in total. The summed E-state index contributed by atoms with van der Waals surface area (Å²) < 4.78 is 33.9. The van der Waals surface area contributed by atoms with Crippen molar-refractivity contribution in [3.05, 3.63) is 88.3 Å². The van der Waals surface area contributed by atoms with Gasteiger partial charge in [-0.05, 0) is 43.2 Å². The van der Waals surface area contributed by atoms with Gasteiger partial charge in [0.05, 0.1) is 31.0 Å². The summed E-state index contributed by atoms with van der Waals surface area (Å²) in [5.74, 6) is 0.413. The fourth-order valence-corrected chi connectivity index (χ4v) is 5.05. The van der Waals surface area contributed by atoms with Crippen LogP contribution in [0.4, 0.5) is 0 Å². The van der Waals surface area contributed by atoms with E-state index < -0.39 is 11.9 Å². The SMILES string of the molecule is CCCCc1noc(/C=C(\Cc2cc3c(cc2OC)OCO3)C(=O)O)c1-c1ccc(OC)cc1OCc1ccccc1C(=O)O. The van der Waals surface area contributed by atoms with E-state index in [9.17, 15) is 19.8 Å². The van der Waals surface area contributed by atoms with E-state index in [4.69, 9.17) is 28.2 Å². The monoisotopic (exact) mass is 615 g/mol. The number of methoxy groups -OCH3 is 2. The molecule has 3 aromatic carbocycles. The van der Waals surface area contributed by atoms with Gasteiger partial charge in [-0.15, -0.1) is 0 Å². The highest BCUT2D eigenvalue weighted by molar-refractivity contribution is 5.94. The number of benzene rings is 3. The maximum atomic E-state index is 12.5. The lowest BCUT2D eigenvalue weighted by molar-refractivity contribution is -0.132. The standard InChI is InChI=1S/C34H33NO10/c1-4-5-10-26-32(25-12-11-23(40-2)16-28(25)42-18-20-8-6-7-9-24(20)34(38)39)31(45-35-26)15-22(33(36)37)13-21-14-29-30(44-19-43-29)17-27(21)41-3/h6-9,11-12,14-17H,4-5,10,13,18-19H2,1-3H3,(H,36,37)(H,38,39)/b22-15+. The zero-order chi connectivity index (χ0) is 31.9. The summed E-state index contributed by atoms with van der Waals surface area (Å²) >= 11 is 0. The van der Waals surface area contributed by atoms with E-state index in [0.717, 1.165) is 12.8 Å². The van der Waals surface area contributed by atoms with Crippen LogP contribution in [0.5, 0.6) is 28.7 Å². The lowest BCUT2D eigenvalue weighted by Gasteiger charge is -2.15. The van der Waals surface area contributed by atoms with Gasteiger partial charge in [0.15, 0.2) is 17.3 Å². The highest BCUT2D eigenvalue weighted by atomic mass is 16.7. The molecule has 0 radical (unpaired) electrons. The topological polar surface area (TPSA) is 147 Å². The Balaban J connectivity index is 1.58. The molecule has 11 nitrogen and oxygen atoms in total. The van der Waals surface area contributed by atoms with Crippen molar-refractivity contribution in [1.29, 1.82) is 0 Å². The molecular formula is C34H33NO10. The van der Waals surface area contributed by atoms with Gasteiger partial charge in [0, 0.05) is 40.8 Å². The summed E-state index contributed by atoms with van der Waals surface area (Å²) in [4.78, 5) is 24.3. The van der Waals surface area contributed by atoms with Crippen molar-refractivity contribution in [2.45, 2.75) is 39.2 Å². The number of nitrogens with zero attached hydrogens (tertiary/aromatic N) is 1. The van der Waals surface area contributed by atoms with Gasteiger partial charge in [0.2, 0.25) is 6.79 Å². The molecule has 0 spiro atoms. The molecule has 5 rings (SSSR count). The number of aliphatic carboxylic acids is 1. The Labute approximate surface area is 259 Å². The van der Waals surface area contributed by atoms with Crippen LogP contribution < -0.4 is 23.7 Å². The van der Waals surface area contributed by atoms with Crippen LogP contribution in [0.2, 0.25) is 0 Å². The molecule has 0 fully saturated rings. The van der Waals surface area contributed by atoms with Crippen molar-refractivity contribution in [2.24, 2.45) is 0 Å². The van der Waals surface area contributed by atoms with Crippen molar-refractivity contribution < 1.29 is 48.0 Å². The van der Waals surface area contributed by atoms with Gasteiger partial charge in [-0.3, -0.25) is 0 Å². The maximum absolute atomic E-state index is 12.5. The Kier molecular flexibility index (Phi) is 9.57. The summed E-state index contributed by atoms with van der Waals surface area (Å²) in [5, 5.41) is 24.2. The van der Waals surface area contributed by atoms with Crippen LogP contribution in [0.3, 0.4) is 0 Å².